The number of phenols is 2. The Balaban J connectivity index is 2.70. The number of carbonyl (C=O) groups excluding carboxylic acids is 1. The molecule has 1 aromatic carbocycles. The zero-order chi connectivity index (χ0) is 20.1. The molecule has 4 heteroatoms. The Morgan fingerprint density at radius 3 is 2.59 bits per heavy atom. The van der Waals surface area contributed by atoms with Gasteiger partial charge >= 0.3 is 5.97 Å². The highest BCUT2D eigenvalue weighted by Crippen LogP contribution is 2.47. The van der Waals surface area contributed by atoms with Crippen molar-refractivity contribution in [1.29, 1.82) is 0 Å². The molecule has 2 atom stereocenters. The molecule has 0 fully saturated rings. The third kappa shape index (κ3) is 4.55. The van der Waals surface area contributed by atoms with Gasteiger partial charge in [-0.1, -0.05) is 43.6 Å². The van der Waals surface area contributed by atoms with Gasteiger partial charge in [0.25, 0.3) is 0 Å². The van der Waals surface area contributed by atoms with Gasteiger partial charge in [-0.2, -0.15) is 0 Å². The second-order valence-corrected chi connectivity index (χ2v) is 7.66. The van der Waals surface area contributed by atoms with Crippen molar-refractivity contribution in [2.45, 2.75) is 65.2 Å². The summed E-state index contributed by atoms with van der Waals surface area (Å²) in [5.74, 6) is -0.619. The maximum Gasteiger partial charge on any atom is 0.341 e. The van der Waals surface area contributed by atoms with Crippen molar-refractivity contribution in [2.24, 2.45) is 5.92 Å². The van der Waals surface area contributed by atoms with Crippen LogP contribution in [0.3, 0.4) is 0 Å². The molecule has 2 rings (SSSR count). The van der Waals surface area contributed by atoms with E-state index >= 15 is 0 Å². The van der Waals surface area contributed by atoms with Crippen LogP contribution in [0, 0.1) is 5.92 Å². The zero-order valence-electron chi connectivity index (χ0n) is 17.0. The third-order valence-electron chi connectivity index (χ3n) is 5.57. The van der Waals surface area contributed by atoms with E-state index in [9.17, 15) is 15.0 Å². The Bertz CT molecular complexity index is 745. The predicted octanol–water partition coefficient (Wildman–Crippen LogP) is 5.63. The number of esters is 1. The van der Waals surface area contributed by atoms with E-state index in [0.717, 1.165) is 43.2 Å². The zero-order valence-corrected chi connectivity index (χ0v) is 17.0. The highest BCUT2D eigenvalue weighted by atomic mass is 16.5. The molecule has 1 aromatic rings. The number of methoxy groups -OCH3 is 1. The highest BCUT2D eigenvalue weighted by Gasteiger charge is 2.33. The molecule has 0 unspecified atom stereocenters. The number of allylic oxidation sites excluding steroid dienone is 3. The molecule has 0 saturated carbocycles. The average molecular weight is 373 g/mol. The van der Waals surface area contributed by atoms with Crippen LogP contribution in [-0.2, 0) is 11.2 Å². The van der Waals surface area contributed by atoms with Crippen molar-refractivity contribution < 1.29 is 19.7 Å². The summed E-state index contributed by atoms with van der Waals surface area (Å²) in [6.07, 6.45) is 7.70. The lowest BCUT2D eigenvalue weighted by Gasteiger charge is -2.33. The van der Waals surface area contributed by atoms with E-state index < -0.39 is 5.97 Å². The molecule has 1 aliphatic carbocycles. The van der Waals surface area contributed by atoms with Gasteiger partial charge in [-0.25, -0.2) is 4.79 Å². The normalized spacial score (nSPS) is 19.5. The van der Waals surface area contributed by atoms with Gasteiger partial charge < -0.3 is 14.9 Å². The number of carbonyl (C=O) groups is 1. The number of phenolic OH excluding ortho intramolecular Hbond substituents is 2. The molecule has 0 radical (unpaired) electrons. The number of rotatable bonds is 7. The van der Waals surface area contributed by atoms with Gasteiger partial charge in [-0.3, -0.25) is 0 Å². The monoisotopic (exact) mass is 372 g/mol. The topological polar surface area (TPSA) is 66.8 Å². The molecule has 0 heterocycles. The fourth-order valence-corrected chi connectivity index (χ4v) is 4.14. The number of aromatic hydroxyl groups is 2. The van der Waals surface area contributed by atoms with E-state index in [1.165, 1.54) is 18.7 Å². The van der Waals surface area contributed by atoms with Crippen molar-refractivity contribution in [1.82, 2.24) is 0 Å². The van der Waals surface area contributed by atoms with Gasteiger partial charge in [0.1, 0.15) is 17.1 Å². The predicted molar refractivity (Wildman–Crippen MR) is 108 cm³/mol. The van der Waals surface area contributed by atoms with Crippen LogP contribution in [0.15, 0.2) is 29.9 Å². The largest absolute Gasteiger partial charge is 0.507 e. The summed E-state index contributed by atoms with van der Waals surface area (Å²) in [4.78, 5) is 12.4. The fraction of sp³-hybridized carbons (Fsp3) is 0.522. The van der Waals surface area contributed by atoms with Crippen molar-refractivity contribution >= 4 is 5.97 Å². The number of unbranched alkanes of at least 4 members (excludes halogenated alkanes) is 2. The van der Waals surface area contributed by atoms with Crippen LogP contribution in [-0.4, -0.2) is 23.3 Å². The summed E-state index contributed by atoms with van der Waals surface area (Å²) in [6.45, 7) is 10.4. The van der Waals surface area contributed by atoms with Crippen molar-refractivity contribution in [2.75, 3.05) is 7.11 Å². The van der Waals surface area contributed by atoms with Gasteiger partial charge in [0.15, 0.2) is 0 Å². The Hall–Kier alpha value is -2.23. The molecule has 0 saturated heterocycles. The Labute approximate surface area is 162 Å². The summed E-state index contributed by atoms with van der Waals surface area (Å²) in [6, 6.07) is 1.28. The van der Waals surface area contributed by atoms with Gasteiger partial charge in [-0.15, -0.1) is 0 Å². The van der Waals surface area contributed by atoms with Crippen LogP contribution < -0.4 is 0 Å². The molecule has 0 spiro atoms. The van der Waals surface area contributed by atoms with E-state index in [0.29, 0.717) is 12.0 Å². The van der Waals surface area contributed by atoms with Crippen molar-refractivity contribution in [3.05, 3.63) is 46.6 Å². The first kappa shape index (κ1) is 21.1. The maximum absolute atomic E-state index is 12.4. The number of ether oxygens (including phenoxy) is 1. The standard InChI is InChI=1S/C23H32O4/c1-6-7-8-9-17-21(18-12-15(4)10-11-16(18)14(2)3)19(24)13-20(25)22(17)23(26)27-5/h12-13,16,18,24-25H,2,6-11H2,1,3-5H3/t16-,18-/m1/s1. The van der Waals surface area contributed by atoms with Gasteiger partial charge in [-0.05, 0) is 51.0 Å². The third-order valence-corrected chi connectivity index (χ3v) is 5.57. The molecule has 27 heavy (non-hydrogen) atoms. The van der Waals surface area contributed by atoms with Crippen LogP contribution in [0.2, 0.25) is 0 Å². The van der Waals surface area contributed by atoms with Gasteiger partial charge in [0.2, 0.25) is 0 Å². The van der Waals surface area contributed by atoms with E-state index in [1.54, 1.807) is 0 Å². The minimum atomic E-state index is -0.566. The van der Waals surface area contributed by atoms with Crippen LogP contribution in [0.5, 0.6) is 11.5 Å². The van der Waals surface area contributed by atoms with E-state index in [4.69, 9.17) is 4.74 Å². The number of hydrogen-bond acceptors (Lipinski definition) is 4. The molecule has 0 bridgehead atoms. The minimum absolute atomic E-state index is 0.0360. The number of benzene rings is 1. The first-order valence-corrected chi connectivity index (χ1v) is 9.80. The second kappa shape index (κ2) is 9.12. The second-order valence-electron chi connectivity index (χ2n) is 7.66. The van der Waals surface area contributed by atoms with E-state index in [2.05, 4.69) is 26.5 Å². The average Bonchev–Trinajstić information content (AvgIpc) is 2.61. The lowest BCUT2D eigenvalue weighted by molar-refractivity contribution is 0.0596. The molecule has 0 aliphatic heterocycles. The molecular weight excluding hydrogens is 340 g/mol. The summed E-state index contributed by atoms with van der Waals surface area (Å²) >= 11 is 0. The lowest BCUT2D eigenvalue weighted by atomic mass is 9.72. The van der Waals surface area contributed by atoms with Crippen LogP contribution in [0.1, 0.15) is 80.3 Å². The van der Waals surface area contributed by atoms with E-state index in [-0.39, 0.29) is 28.9 Å². The Kier molecular flexibility index (Phi) is 7.11. The summed E-state index contributed by atoms with van der Waals surface area (Å²) < 4.78 is 4.93. The molecule has 1 aliphatic rings. The summed E-state index contributed by atoms with van der Waals surface area (Å²) in [5.41, 5.74) is 3.95. The smallest absolute Gasteiger partial charge is 0.341 e. The molecule has 4 nitrogen and oxygen atoms in total. The highest BCUT2D eigenvalue weighted by molar-refractivity contribution is 5.95. The SMILES string of the molecule is C=C(C)[C@H]1CCC(C)=C[C@H]1c1c(O)cc(O)c(C(=O)OC)c1CCCCC. The van der Waals surface area contributed by atoms with Crippen LogP contribution in [0.25, 0.3) is 0 Å². The molecule has 0 amide bonds. The number of hydrogen-bond donors (Lipinski definition) is 2. The Morgan fingerprint density at radius 2 is 2.00 bits per heavy atom. The lowest BCUT2D eigenvalue weighted by Crippen LogP contribution is -2.20. The van der Waals surface area contributed by atoms with Crippen molar-refractivity contribution in [3.63, 3.8) is 0 Å². The first-order chi connectivity index (χ1) is 12.8. The Morgan fingerprint density at radius 1 is 1.30 bits per heavy atom. The molecule has 2 N–H and O–H groups in total. The van der Waals surface area contributed by atoms with E-state index in [1.807, 2.05) is 6.92 Å². The summed E-state index contributed by atoms with van der Waals surface area (Å²) in [5, 5.41) is 21.2. The minimum Gasteiger partial charge on any atom is -0.507 e. The van der Waals surface area contributed by atoms with Crippen LogP contribution in [0.4, 0.5) is 0 Å². The van der Waals surface area contributed by atoms with Crippen LogP contribution >= 0.6 is 0 Å². The van der Waals surface area contributed by atoms with Crippen molar-refractivity contribution in [3.8, 4) is 11.5 Å². The fourth-order valence-electron chi connectivity index (χ4n) is 4.14. The first-order valence-electron chi connectivity index (χ1n) is 9.80. The molecular formula is C23H32O4. The van der Waals surface area contributed by atoms with Gasteiger partial charge in [0.05, 0.1) is 7.11 Å². The van der Waals surface area contributed by atoms with Gasteiger partial charge in [0, 0.05) is 17.5 Å². The molecule has 148 valence electrons. The molecule has 0 aromatic heterocycles. The maximum atomic E-state index is 12.4. The summed E-state index contributed by atoms with van der Waals surface area (Å²) in [7, 11) is 1.31. The quantitative estimate of drug-likeness (QED) is 0.370.